The Morgan fingerprint density at radius 3 is 2.53 bits per heavy atom. The number of nitrogens with zero attached hydrogens (tertiary/aromatic N) is 2. The van der Waals surface area contributed by atoms with Gasteiger partial charge in [0.25, 0.3) is 5.69 Å². The summed E-state index contributed by atoms with van der Waals surface area (Å²) < 4.78 is 0. The molecule has 5 heteroatoms. The zero-order chi connectivity index (χ0) is 13.6. The van der Waals surface area contributed by atoms with Gasteiger partial charge in [0.05, 0.1) is 10.5 Å². The van der Waals surface area contributed by atoms with E-state index < -0.39 is 0 Å². The van der Waals surface area contributed by atoms with Crippen molar-refractivity contribution in [3.8, 4) is 0 Å². The lowest BCUT2D eigenvalue weighted by Gasteiger charge is -2.40. The molecule has 2 fully saturated rings. The highest BCUT2D eigenvalue weighted by Gasteiger charge is 2.40. The normalized spacial score (nSPS) is 29.6. The molecular formula is C14H19N3O2. The monoisotopic (exact) mass is 261 g/mol. The van der Waals surface area contributed by atoms with Crippen molar-refractivity contribution in [3.05, 3.63) is 33.9 Å². The van der Waals surface area contributed by atoms with Crippen LogP contribution >= 0.6 is 0 Å². The summed E-state index contributed by atoms with van der Waals surface area (Å²) in [5, 5.41) is 11.1. The molecule has 2 saturated heterocycles. The maximum Gasteiger partial charge on any atom is 0.274 e. The van der Waals surface area contributed by atoms with E-state index in [2.05, 4.69) is 4.90 Å². The summed E-state index contributed by atoms with van der Waals surface area (Å²) in [5.74, 6) is 0. The van der Waals surface area contributed by atoms with Crippen LogP contribution in [0.1, 0.15) is 31.2 Å². The van der Waals surface area contributed by atoms with Gasteiger partial charge in [0.15, 0.2) is 0 Å². The molecule has 102 valence electrons. The quantitative estimate of drug-likeness (QED) is 0.655. The first-order valence-corrected chi connectivity index (χ1v) is 6.86. The van der Waals surface area contributed by atoms with E-state index in [4.69, 9.17) is 5.73 Å². The molecule has 1 aromatic rings. The molecule has 2 atom stereocenters. The molecule has 0 radical (unpaired) electrons. The molecule has 19 heavy (non-hydrogen) atoms. The molecule has 0 saturated carbocycles. The third-order valence-corrected chi connectivity index (χ3v) is 4.52. The van der Waals surface area contributed by atoms with Gasteiger partial charge in [-0.25, -0.2) is 0 Å². The molecule has 2 aliphatic heterocycles. The van der Waals surface area contributed by atoms with Gasteiger partial charge in [-0.1, -0.05) is 6.07 Å². The Labute approximate surface area is 112 Å². The maximum absolute atomic E-state index is 11.1. The standard InChI is InChI=1S/C14H19N3O2/c1-9-13(3-2-4-14(9)17(18)19)16-11-5-6-12(16)8-10(15)7-11/h2-4,10-12H,5-8,15H2,1H3. The number of nitrogens with two attached hydrogens (primary N) is 1. The predicted molar refractivity (Wildman–Crippen MR) is 74.3 cm³/mol. The Bertz CT molecular complexity index is 503. The van der Waals surface area contributed by atoms with Crippen molar-refractivity contribution >= 4 is 11.4 Å². The Morgan fingerprint density at radius 1 is 1.32 bits per heavy atom. The zero-order valence-electron chi connectivity index (χ0n) is 11.1. The SMILES string of the molecule is Cc1c(N2C3CCC2CC(N)C3)cccc1[N+](=O)[O-]. The summed E-state index contributed by atoms with van der Waals surface area (Å²) in [4.78, 5) is 13.1. The van der Waals surface area contributed by atoms with Crippen LogP contribution in [0, 0.1) is 17.0 Å². The first-order chi connectivity index (χ1) is 9.08. The number of hydrogen-bond donors (Lipinski definition) is 1. The highest BCUT2D eigenvalue weighted by molar-refractivity contribution is 5.63. The minimum absolute atomic E-state index is 0.215. The van der Waals surface area contributed by atoms with Crippen LogP contribution in [0.5, 0.6) is 0 Å². The Balaban J connectivity index is 1.99. The molecule has 1 aromatic carbocycles. The van der Waals surface area contributed by atoms with Crippen LogP contribution < -0.4 is 10.6 Å². The maximum atomic E-state index is 11.1. The number of nitro benzene ring substituents is 1. The van der Waals surface area contributed by atoms with Crippen LogP contribution in [0.3, 0.4) is 0 Å². The smallest absolute Gasteiger partial charge is 0.274 e. The fourth-order valence-electron chi connectivity index (χ4n) is 3.70. The Morgan fingerprint density at radius 2 is 1.95 bits per heavy atom. The molecule has 2 heterocycles. The number of benzene rings is 1. The zero-order valence-corrected chi connectivity index (χ0v) is 11.1. The van der Waals surface area contributed by atoms with Gasteiger partial charge in [-0.05, 0) is 38.7 Å². The van der Waals surface area contributed by atoms with E-state index in [9.17, 15) is 10.1 Å². The summed E-state index contributed by atoms with van der Waals surface area (Å²) >= 11 is 0. The van der Waals surface area contributed by atoms with E-state index in [0.717, 1.165) is 36.9 Å². The number of hydrogen-bond acceptors (Lipinski definition) is 4. The molecule has 2 unspecified atom stereocenters. The van der Waals surface area contributed by atoms with Gasteiger partial charge in [-0.2, -0.15) is 0 Å². The van der Waals surface area contributed by atoms with Gasteiger partial charge in [0.2, 0.25) is 0 Å². The molecule has 2 N–H and O–H groups in total. The molecule has 0 spiro atoms. The lowest BCUT2D eigenvalue weighted by Crippen LogP contribution is -2.47. The summed E-state index contributed by atoms with van der Waals surface area (Å²) in [7, 11) is 0. The van der Waals surface area contributed by atoms with Crippen LogP contribution in [-0.2, 0) is 0 Å². The first kappa shape index (κ1) is 12.4. The summed E-state index contributed by atoms with van der Waals surface area (Å²) in [6.45, 7) is 1.85. The third kappa shape index (κ3) is 1.98. The van der Waals surface area contributed by atoms with Gasteiger partial charge >= 0.3 is 0 Å². The lowest BCUT2D eigenvalue weighted by molar-refractivity contribution is -0.385. The van der Waals surface area contributed by atoms with E-state index in [0.29, 0.717) is 12.1 Å². The summed E-state index contributed by atoms with van der Waals surface area (Å²) in [6, 6.07) is 6.56. The van der Waals surface area contributed by atoms with Gasteiger partial charge < -0.3 is 10.6 Å². The van der Waals surface area contributed by atoms with Crippen LogP contribution in [0.25, 0.3) is 0 Å². The molecule has 0 aliphatic carbocycles. The lowest BCUT2D eigenvalue weighted by atomic mass is 9.96. The number of rotatable bonds is 2. The molecule has 0 aromatic heterocycles. The minimum atomic E-state index is -0.295. The van der Waals surface area contributed by atoms with Gasteiger partial charge in [0.1, 0.15) is 0 Å². The average Bonchev–Trinajstić information content (AvgIpc) is 2.62. The van der Waals surface area contributed by atoms with Gasteiger partial charge in [-0.15, -0.1) is 0 Å². The van der Waals surface area contributed by atoms with Crippen molar-refractivity contribution in [1.29, 1.82) is 0 Å². The molecule has 0 amide bonds. The largest absolute Gasteiger partial charge is 0.365 e. The van der Waals surface area contributed by atoms with Crippen molar-refractivity contribution in [3.63, 3.8) is 0 Å². The molecule has 3 rings (SSSR count). The van der Waals surface area contributed by atoms with Crippen LogP contribution in [0.4, 0.5) is 11.4 Å². The van der Waals surface area contributed by atoms with E-state index in [1.54, 1.807) is 12.1 Å². The van der Waals surface area contributed by atoms with E-state index in [1.165, 1.54) is 0 Å². The molecule has 2 bridgehead atoms. The van der Waals surface area contributed by atoms with E-state index in [1.807, 2.05) is 13.0 Å². The predicted octanol–water partition coefficient (Wildman–Crippen LogP) is 2.36. The molecular weight excluding hydrogens is 242 g/mol. The highest BCUT2D eigenvalue weighted by Crippen LogP contribution is 2.41. The fraction of sp³-hybridized carbons (Fsp3) is 0.571. The van der Waals surface area contributed by atoms with Crippen molar-refractivity contribution in [1.82, 2.24) is 0 Å². The van der Waals surface area contributed by atoms with E-state index in [-0.39, 0.29) is 16.7 Å². The Kier molecular flexibility index (Phi) is 2.93. The van der Waals surface area contributed by atoms with Crippen molar-refractivity contribution < 1.29 is 4.92 Å². The number of nitro groups is 1. The highest BCUT2D eigenvalue weighted by atomic mass is 16.6. The van der Waals surface area contributed by atoms with Crippen LogP contribution in [0.2, 0.25) is 0 Å². The minimum Gasteiger partial charge on any atom is -0.365 e. The molecule has 2 aliphatic rings. The van der Waals surface area contributed by atoms with Crippen LogP contribution in [-0.4, -0.2) is 23.0 Å². The Hall–Kier alpha value is -1.62. The average molecular weight is 261 g/mol. The topological polar surface area (TPSA) is 72.4 Å². The first-order valence-electron chi connectivity index (χ1n) is 6.86. The summed E-state index contributed by atoms with van der Waals surface area (Å²) in [6.07, 6.45) is 4.30. The second kappa shape index (κ2) is 4.49. The van der Waals surface area contributed by atoms with Gasteiger partial charge in [-0.3, -0.25) is 10.1 Å². The van der Waals surface area contributed by atoms with Crippen molar-refractivity contribution in [2.75, 3.05) is 4.90 Å². The third-order valence-electron chi connectivity index (χ3n) is 4.52. The number of piperidine rings is 1. The van der Waals surface area contributed by atoms with E-state index >= 15 is 0 Å². The van der Waals surface area contributed by atoms with Crippen molar-refractivity contribution in [2.45, 2.75) is 50.7 Å². The van der Waals surface area contributed by atoms with Crippen molar-refractivity contribution in [2.24, 2.45) is 5.73 Å². The second-order valence-corrected chi connectivity index (χ2v) is 5.70. The second-order valence-electron chi connectivity index (χ2n) is 5.70. The van der Waals surface area contributed by atoms with Crippen LogP contribution in [0.15, 0.2) is 18.2 Å². The summed E-state index contributed by atoms with van der Waals surface area (Å²) in [5.41, 5.74) is 8.09. The molecule has 5 nitrogen and oxygen atoms in total. The fourth-order valence-corrected chi connectivity index (χ4v) is 3.70. The number of anilines is 1. The van der Waals surface area contributed by atoms with Gasteiger partial charge in [0, 0.05) is 29.9 Å². The number of fused-ring (bicyclic) bond motifs is 2.